The SMILES string of the molecule is COc1ccc(CN(C(=O)C(c2ccccc2)c2ccccc2)C2CC2)cc1OCCc1ccccn1. The monoisotopic (exact) mass is 492 g/mol. The number of carbonyl (C=O) groups excluding carboxylic acids is 1. The van der Waals surface area contributed by atoms with Crippen LogP contribution in [0.25, 0.3) is 0 Å². The molecular weight excluding hydrogens is 460 g/mol. The second-order valence-corrected chi connectivity index (χ2v) is 9.36. The molecule has 5 heteroatoms. The maximum atomic E-state index is 14.1. The van der Waals surface area contributed by atoms with E-state index in [-0.39, 0.29) is 17.9 Å². The maximum absolute atomic E-state index is 14.1. The van der Waals surface area contributed by atoms with Gasteiger partial charge in [0.1, 0.15) is 0 Å². The van der Waals surface area contributed by atoms with Crippen molar-refractivity contribution in [3.63, 3.8) is 0 Å². The van der Waals surface area contributed by atoms with Gasteiger partial charge in [0, 0.05) is 30.9 Å². The normalized spacial score (nSPS) is 12.8. The van der Waals surface area contributed by atoms with Crippen molar-refractivity contribution in [3.05, 3.63) is 126 Å². The van der Waals surface area contributed by atoms with Crippen LogP contribution in [0, 0.1) is 0 Å². The van der Waals surface area contributed by atoms with Crippen molar-refractivity contribution in [1.82, 2.24) is 9.88 Å². The molecule has 1 aliphatic rings. The number of ether oxygens (including phenoxy) is 2. The molecular formula is C32H32N2O3. The zero-order valence-electron chi connectivity index (χ0n) is 21.1. The van der Waals surface area contributed by atoms with Gasteiger partial charge in [-0.25, -0.2) is 0 Å². The molecule has 0 atom stereocenters. The van der Waals surface area contributed by atoms with E-state index in [1.807, 2.05) is 102 Å². The largest absolute Gasteiger partial charge is 0.493 e. The van der Waals surface area contributed by atoms with Gasteiger partial charge in [-0.1, -0.05) is 72.8 Å². The van der Waals surface area contributed by atoms with E-state index >= 15 is 0 Å². The molecule has 1 heterocycles. The summed E-state index contributed by atoms with van der Waals surface area (Å²) in [7, 11) is 1.64. The van der Waals surface area contributed by atoms with Gasteiger partial charge >= 0.3 is 0 Å². The number of aromatic nitrogens is 1. The molecule has 1 fully saturated rings. The van der Waals surface area contributed by atoms with E-state index in [4.69, 9.17) is 9.47 Å². The summed E-state index contributed by atoms with van der Waals surface area (Å²) in [6.07, 6.45) is 4.56. The minimum absolute atomic E-state index is 0.133. The summed E-state index contributed by atoms with van der Waals surface area (Å²) < 4.78 is 11.7. The minimum Gasteiger partial charge on any atom is -0.493 e. The number of methoxy groups -OCH3 is 1. The van der Waals surface area contributed by atoms with Crippen molar-refractivity contribution in [3.8, 4) is 11.5 Å². The van der Waals surface area contributed by atoms with Gasteiger partial charge in [0.15, 0.2) is 11.5 Å². The van der Waals surface area contributed by atoms with E-state index in [1.54, 1.807) is 13.3 Å². The Hall–Kier alpha value is -4.12. The van der Waals surface area contributed by atoms with Gasteiger partial charge in [0.05, 0.1) is 19.6 Å². The molecule has 5 rings (SSSR count). The van der Waals surface area contributed by atoms with Crippen LogP contribution >= 0.6 is 0 Å². The lowest BCUT2D eigenvalue weighted by Gasteiger charge is -2.28. The minimum atomic E-state index is -0.338. The summed E-state index contributed by atoms with van der Waals surface area (Å²) >= 11 is 0. The first-order chi connectivity index (χ1) is 18.2. The molecule has 188 valence electrons. The Morgan fingerprint density at radius 2 is 1.57 bits per heavy atom. The van der Waals surface area contributed by atoms with Crippen LogP contribution in [0.3, 0.4) is 0 Å². The third kappa shape index (κ3) is 6.18. The average Bonchev–Trinajstić information content (AvgIpc) is 3.79. The van der Waals surface area contributed by atoms with Crippen LogP contribution in [0.5, 0.6) is 11.5 Å². The molecule has 1 aliphatic carbocycles. The maximum Gasteiger partial charge on any atom is 0.235 e. The topological polar surface area (TPSA) is 51.7 Å². The highest BCUT2D eigenvalue weighted by Crippen LogP contribution is 2.36. The number of benzene rings is 3. The smallest absolute Gasteiger partial charge is 0.235 e. The molecule has 5 nitrogen and oxygen atoms in total. The highest BCUT2D eigenvalue weighted by molar-refractivity contribution is 5.87. The van der Waals surface area contributed by atoms with E-state index in [2.05, 4.69) is 4.98 Å². The zero-order valence-corrected chi connectivity index (χ0v) is 21.1. The van der Waals surface area contributed by atoms with Crippen LogP contribution in [0.2, 0.25) is 0 Å². The number of nitrogens with zero attached hydrogens (tertiary/aromatic N) is 2. The quantitative estimate of drug-likeness (QED) is 0.256. The number of rotatable bonds is 11. The Balaban J connectivity index is 1.37. The molecule has 1 amide bonds. The van der Waals surface area contributed by atoms with Crippen LogP contribution in [0.4, 0.5) is 0 Å². The Bertz CT molecular complexity index is 1250. The van der Waals surface area contributed by atoms with Crippen LogP contribution in [0.1, 0.15) is 41.1 Å². The fraction of sp³-hybridized carbons (Fsp3) is 0.250. The average molecular weight is 493 g/mol. The van der Waals surface area contributed by atoms with Crippen molar-refractivity contribution >= 4 is 5.91 Å². The summed E-state index contributed by atoms with van der Waals surface area (Å²) in [5.41, 5.74) is 4.03. The third-order valence-electron chi connectivity index (χ3n) is 6.71. The van der Waals surface area contributed by atoms with E-state index in [1.165, 1.54) is 0 Å². The zero-order chi connectivity index (χ0) is 25.5. The molecule has 0 bridgehead atoms. The van der Waals surface area contributed by atoms with Crippen molar-refractivity contribution < 1.29 is 14.3 Å². The van der Waals surface area contributed by atoms with Gasteiger partial charge in [0.25, 0.3) is 0 Å². The van der Waals surface area contributed by atoms with Gasteiger partial charge in [-0.15, -0.1) is 0 Å². The van der Waals surface area contributed by atoms with E-state index in [0.29, 0.717) is 31.1 Å². The number of carbonyl (C=O) groups is 1. The summed E-state index contributed by atoms with van der Waals surface area (Å²) in [4.78, 5) is 20.5. The highest BCUT2D eigenvalue weighted by atomic mass is 16.5. The number of amides is 1. The lowest BCUT2D eigenvalue weighted by molar-refractivity contribution is -0.133. The predicted octanol–water partition coefficient (Wildman–Crippen LogP) is 6.03. The molecule has 0 unspecified atom stereocenters. The van der Waals surface area contributed by atoms with Crippen molar-refractivity contribution in [1.29, 1.82) is 0 Å². The van der Waals surface area contributed by atoms with Crippen LogP contribution in [-0.2, 0) is 17.8 Å². The van der Waals surface area contributed by atoms with E-state index in [9.17, 15) is 4.79 Å². The molecule has 0 N–H and O–H groups in total. The standard InChI is InChI=1S/C32H32N2O3/c1-36-29-18-15-24(22-30(29)37-21-19-27-14-8-9-20-33-27)23-34(28-16-17-28)32(35)31(25-10-4-2-5-11-25)26-12-6-3-7-13-26/h2-15,18,20,22,28,31H,16-17,19,21,23H2,1H3. The molecule has 3 aromatic carbocycles. The van der Waals surface area contributed by atoms with Gasteiger partial charge in [-0.3, -0.25) is 9.78 Å². The number of pyridine rings is 1. The van der Waals surface area contributed by atoms with E-state index < -0.39 is 0 Å². The Labute approximate surface area is 218 Å². The molecule has 4 aromatic rings. The van der Waals surface area contributed by atoms with Gasteiger partial charge < -0.3 is 14.4 Å². The second-order valence-electron chi connectivity index (χ2n) is 9.36. The van der Waals surface area contributed by atoms with Gasteiger partial charge in [-0.2, -0.15) is 0 Å². The molecule has 1 saturated carbocycles. The highest BCUT2D eigenvalue weighted by Gasteiger charge is 2.37. The third-order valence-corrected chi connectivity index (χ3v) is 6.71. The van der Waals surface area contributed by atoms with Crippen LogP contribution < -0.4 is 9.47 Å². The Morgan fingerprint density at radius 1 is 0.892 bits per heavy atom. The van der Waals surface area contributed by atoms with E-state index in [0.717, 1.165) is 35.2 Å². The summed E-state index contributed by atoms with van der Waals surface area (Å²) in [6.45, 7) is 1.02. The van der Waals surface area contributed by atoms with Gasteiger partial charge in [-0.05, 0) is 53.8 Å². The fourth-order valence-electron chi connectivity index (χ4n) is 4.65. The summed E-state index contributed by atoms with van der Waals surface area (Å²) in [5.74, 6) is 1.16. The first-order valence-corrected chi connectivity index (χ1v) is 12.8. The van der Waals surface area contributed by atoms with Crippen LogP contribution in [-0.4, -0.2) is 35.5 Å². The molecule has 0 aliphatic heterocycles. The fourth-order valence-corrected chi connectivity index (χ4v) is 4.65. The lowest BCUT2D eigenvalue weighted by Crippen LogP contribution is -2.37. The first-order valence-electron chi connectivity index (χ1n) is 12.8. The molecule has 0 radical (unpaired) electrons. The molecule has 0 spiro atoms. The number of hydrogen-bond donors (Lipinski definition) is 0. The Kier molecular flexibility index (Phi) is 7.80. The Morgan fingerprint density at radius 3 is 2.16 bits per heavy atom. The van der Waals surface area contributed by atoms with Gasteiger partial charge in [0.2, 0.25) is 5.91 Å². The van der Waals surface area contributed by atoms with Crippen molar-refractivity contribution in [2.75, 3.05) is 13.7 Å². The molecule has 0 saturated heterocycles. The van der Waals surface area contributed by atoms with Crippen LogP contribution in [0.15, 0.2) is 103 Å². The van der Waals surface area contributed by atoms with Crippen molar-refractivity contribution in [2.45, 2.75) is 37.8 Å². The van der Waals surface area contributed by atoms with Crippen molar-refractivity contribution in [2.24, 2.45) is 0 Å². The summed E-state index contributed by atoms with van der Waals surface area (Å²) in [5, 5.41) is 0. The molecule has 1 aromatic heterocycles. The molecule has 37 heavy (non-hydrogen) atoms. The predicted molar refractivity (Wildman–Crippen MR) is 145 cm³/mol. The first kappa shape index (κ1) is 24.6. The summed E-state index contributed by atoms with van der Waals surface area (Å²) in [6, 6.07) is 32.2. The lowest BCUT2D eigenvalue weighted by atomic mass is 9.89. The second kappa shape index (κ2) is 11.7. The number of hydrogen-bond acceptors (Lipinski definition) is 4.